The van der Waals surface area contributed by atoms with E-state index in [-0.39, 0.29) is 51.0 Å². The van der Waals surface area contributed by atoms with Gasteiger partial charge >= 0.3 is 26.2 Å². The molecule has 0 aliphatic heterocycles. The van der Waals surface area contributed by atoms with E-state index in [9.17, 15) is 0 Å². The topological polar surface area (TPSA) is 0 Å². The minimum atomic E-state index is 0. The van der Waals surface area contributed by atoms with Crippen LogP contribution in [0.1, 0.15) is 19.3 Å². The van der Waals surface area contributed by atoms with Crippen molar-refractivity contribution in [3.8, 4) is 0 Å². The molecular formula is C13H14Cl2Zr. The second-order valence-corrected chi connectivity index (χ2v) is 3.54. The van der Waals surface area contributed by atoms with E-state index in [0.29, 0.717) is 0 Å². The van der Waals surface area contributed by atoms with Crippen LogP contribution in [0.5, 0.6) is 0 Å². The number of hydrogen-bond acceptors (Lipinski definition) is 0. The van der Waals surface area contributed by atoms with E-state index in [0.717, 1.165) is 12.3 Å². The van der Waals surface area contributed by atoms with Crippen molar-refractivity contribution in [1.82, 2.24) is 0 Å². The SMILES string of the molecule is C1=C[C-]2C=CC(C1)C2.[C-]1=CC=CC1.[Cl-].[Cl-].[Zr+4]. The molecule has 0 aromatic heterocycles. The van der Waals surface area contributed by atoms with E-state index in [1.54, 1.807) is 0 Å². The Labute approximate surface area is 130 Å². The fraction of sp³-hybridized carbons (Fsp3) is 0.308. The Kier molecular flexibility index (Phi) is 12.2. The standard InChI is InChI=1S/C8H9.C5H5.2ClH.Zr/c1-2-7-4-5-8(3-1)6-7;1-2-4-5-3-1;;;/h1-2,4-5,8H,3,6H2;1-3H,4H2;2*1H;/q2*-1;;;+4/p-2. The van der Waals surface area contributed by atoms with Crippen molar-refractivity contribution >= 4 is 0 Å². The summed E-state index contributed by atoms with van der Waals surface area (Å²) < 4.78 is 0. The van der Waals surface area contributed by atoms with Gasteiger partial charge in [0.15, 0.2) is 0 Å². The fourth-order valence-electron chi connectivity index (χ4n) is 1.72. The van der Waals surface area contributed by atoms with Crippen LogP contribution in [0.2, 0.25) is 0 Å². The molecule has 0 radical (unpaired) electrons. The van der Waals surface area contributed by atoms with Crippen LogP contribution in [0.4, 0.5) is 0 Å². The molecule has 0 fully saturated rings. The molecule has 84 valence electrons. The monoisotopic (exact) mass is 330 g/mol. The first-order valence-corrected chi connectivity index (χ1v) is 4.87. The van der Waals surface area contributed by atoms with Crippen LogP contribution in [0, 0.1) is 17.9 Å². The average Bonchev–Trinajstić information content (AvgIpc) is 2.80. The molecule has 0 aromatic rings. The van der Waals surface area contributed by atoms with Crippen molar-refractivity contribution in [2.24, 2.45) is 5.92 Å². The minimum Gasteiger partial charge on any atom is -1.00 e. The maximum atomic E-state index is 2.99. The molecule has 2 bridgehead atoms. The predicted molar refractivity (Wildman–Crippen MR) is 55.8 cm³/mol. The molecule has 0 amide bonds. The molecule has 3 aliphatic rings. The summed E-state index contributed by atoms with van der Waals surface area (Å²) in [6.07, 6.45) is 21.6. The summed E-state index contributed by atoms with van der Waals surface area (Å²) in [4.78, 5) is 0. The predicted octanol–water partition coefficient (Wildman–Crippen LogP) is -2.59. The quantitative estimate of drug-likeness (QED) is 0.427. The molecule has 16 heavy (non-hydrogen) atoms. The van der Waals surface area contributed by atoms with Crippen LogP contribution < -0.4 is 24.8 Å². The van der Waals surface area contributed by atoms with Crippen LogP contribution in [0.25, 0.3) is 0 Å². The smallest absolute Gasteiger partial charge is 1.00 e. The van der Waals surface area contributed by atoms with E-state index >= 15 is 0 Å². The molecule has 3 heteroatoms. The van der Waals surface area contributed by atoms with Crippen molar-refractivity contribution in [1.29, 1.82) is 0 Å². The van der Waals surface area contributed by atoms with Gasteiger partial charge in [-0.2, -0.15) is 36.3 Å². The van der Waals surface area contributed by atoms with Gasteiger partial charge in [0.05, 0.1) is 0 Å². The largest absolute Gasteiger partial charge is 4.00 e. The van der Waals surface area contributed by atoms with Crippen LogP contribution in [0.15, 0.2) is 42.5 Å². The summed E-state index contributed by atoms with van der Waals surface area (Å²) in [6.45, 7) is 0. The molecule has 0 N–H and O–H groups in total. The number of hydrogen-bond donors (Lipinski definition) is 0. The van der Waals surface area contributed by atoms with Gasteiger partial charge in [-0.15, -0.1) is 6.42 Å². The fourth-order valence-corrected chi connectivity index (χ4v) is 1.72. The maximum Gasteiger partial charge on any atom is 4.00 e. The van der Waals surface area contributed by atoms with Gasteiger partial charge in [-0.1, -0.05) is 18.8 Å². The van der Waals surface area contributed by atoms with Gasteiger partial charge in [-0.3, -0.25) is 6.08 Å². The van der Waals surface area contributed by atoms with Gasteiger partial charge in [0.2, 0.25) is 0 Å². The third-order valence-corrected chi connectivity index (χ3v) is 2.44. The minimum absolute atomic E-state index is 0. The number of halogens is 2. The zero-order valence-corrected chi connectivity index (χ0v) is 13.0. The first-order chi connectivity index (χ1) is 6.45. The van der Waals surface area contributed by atoms with E-state index in [1.165, 1.54) is 18.8 Å². The molecule has 3 rings (SSSR count). The van der Waals surface area contributed by atoms with Crippen molar-refractivity contribution in [2.45, 2.75) is 19.3 Å². The van der Waals surface area contributed by atoms with Gasteiger partial charge in [0.25, 0.3) is 0 Å². The molecule has 0 heterocycles. The van der Waals surface area contributed by atoms with Gasteiger partial charge in [0, 0.05) is 0 Å². The normalized spacial score (nSPS) is 21.5. The number of fused-ring (bicyclic) bond motifs is 2. The molecule has 0 aromatic carbocycles. The molecule has 1 atom stereocenters. The van der Waals surface area contributed by atoms with Crippen molar-refractivity contribution in [3.63, 3.8) is 0 Å². The van der Waals surface area contributed by atoms with Gasteiger partial charge in [-0.05, 0) is 0 Å². The summed E-state index contributed by atoms with van der Waals surface area (Å²) in [5.41, 5.74) is 0. The first-order valence-electron chi connectivity index (χ1n) is 4.87. The summed E-state index contributed by atoms with van der Waals surface area (Å²) in [7, 11) is 0. The summed E-state index contributed by atoms with van der Waals surface area (Å²) in [6, 6.07) is 0. The van der Waals surface area contributed by atoms with Crippen LogP contribution in [-0.2, 0) is 26.2 Å². The van der Waals surface area contributed by atoms with Gasteiger partial charge < -0.3 is 24.8 Å². The third-order valence-electron chi connectivity index (χ3n) is 2.44. The van der Waals surface area contributed by atoms with Crippen molar-refractivity contribution in [2.75, 3.05) is 0 Å². The summed E-state index contributed by atoms with van der Waals surface area (Å²) in [5.74, 6) is 2.37. The Bertz CT molecular complexity index is 268. The molecule has 0 nitrogen and oxygen atoms in total. The van der Waals surface area contributed by atoms with Crippen LogP contribution >= 0.6 is 0 Å². The van der Waals surface area contributed by atoms with Crippen molar-refractivity contribution in [3.05, 3.63) is 54.5 Å². The zero-order chi connectivity index (χ0) is 8.93. The average molecular weight is 332 g/mol. The summed E-state index contributed by atoms with van der Waals surface area (Å²) >= 11 is 0. The van der Waals surface area contributed by atoms with Crippen molar-refractivity contribution < 1.29 is 51.0 Å². The molecule has 3 aliphatic carbocycles. The van der Waals surface area contributed by atoms with Gasteiger partial charge in [-0.25, -0.2) is 12.2 Å². The number of allylic oxidation sites excluding steroid dienone is 8. The Morgan fingerprint density at radius 2 is 1.94 bits per heavy atom. The Morgan fingerprint density at radius 1 is 1.12 bits per heavy atom. The van der Waals surface area contributed by atoms with Crippen LogP contribution in [0.3, 0.4) is 0 Å². The van der Waals surface area contributed by atoms with E-state index in [4.69, 9.17) is 0 Å². The number of rotatable bonds is 0. The Hall–Kier alpha value is 0.293. The van der Waals surface area contributed by atoms with E-state index in [1.807, 2.05) is 12.2 Å². The molecule has 0 spiro atoms. The van der Waals surface area contributed by atoms with E-state index in [2.05, 4.69) is 36.5 Å². The van der Waals surface area contributed by atoms with E-state index < -0.39 is 0 Å². The Balaban J connectivity index is 0. The first kappa shape index (κ1) is 18.7. The second kappa shape index (κ2) is 10.4. The zero-order valence-electron chi connectivity index (χ0n) is 9.00. The van der Waals surface area contributed by atoms with Crippen LogP contribution in [-0.4, -0.2) is 0 Å². The maximum absolute atomic E-state index is 2.99. The molecule has 0 saturated carbocycles. The molecule has 0 saturated heterocycles. The Morgan fingerprint density at radius 3 is 2.38 bits per heavy atom. The second-order valence-electron chi connectivity index (χ2n) is 3.54. The van der Waals surface area contributed by atoms with Gasteiger partial charge in [0.1, 0.15) is 0 Å². The molecular weight excluding hydrogens is 318 g/mol. The molecule has 1 unspecified atom stereocenters. The third kappa shape index (κ3) is 6.13. The summed E-state index contributed by atoms with van der Waals surface area (Å²) in [5, 5.41) is 0.